The van der Waals surface area contributed by atoms with Crippen LogP contribution in [0, 0.1) is 5.92 Å². The van der Waals surface area contributed by atoms with Crippen LogP contribution < -0.4 is 0 Å². The quantitative estimate of drug-likeness (QED) is 0.584. The fourth-order valence-corrected chi connectivity index (χ4v) is 1.08. The molecule has 0 spiro atoms. The number of rotatable bonds is 8. The van der Waals surface area contributed by atoms with E-state index < -0.39 is 0 Å². The van der Waals surface area contributed by atoms with E-state index >= 15 is 0 Å². The van der Waals surface area contributed by atoms with Gasteiger partial charge in [-0.15, -0.1) is 0 Å². The van der Waals surface area contributed by atoms with E-state index in [0.29, 0.717) is 12.8 Å². The van der Waals surface area contributed by atoms with Gasteiger partial charge in [0.1, 0.15) is 5.78 Å². The Morgan fingerprint density at radius 2 is 2.21 bits per heavy atom. The second kappa shape index (κ2) is 7.38. The second-order valence-corrected chi connectivity index (χ2v) is 3.35. The average molecular weight is 202 g/mol. The van der Waals surface area contributed by atoms with E-state index in [0.717, 1.165) is 6.42 Å². The molecule has 4 nitrogen and oxygen atoms in total. The van der Waals surface area contributed by atoms with Gasteiger partial charge in [-0.05, 0) is 26.3 Å². The lowest BCUT2D eigenvalue weighted by molar-refractivity contribution is -0.117. The minimum absolute atomic E-state index is 0.00875. The second-order valence-electron chi connectivity index (χ2n) is 3.35. The van der Waals surface area contributed by atoms with Crippen molar-refractivity contribution in [2.24, 2.45) is 5.92 Å². The number of hydrogen-bond donors (Lipinski definition) is 2. The Labute approximate surface area is 84.2 Å². The maximum absolute atomic E-state index is 10.6. The molecule has 0 aromatic rings. The van der Waals surface area contributed by atoms with Crippen LogP contribution in [0.1, 0.15) is 26.2 Å². The SMILES string of the molecule is C=C(O)OCC(CO)CCCC(C)=O. The number of ketones is 1. The first-order valence-electron chi connectivity index (χ1n) is 4.67. The van der Waals surface area contributed by atoms with Gasteiger partial charge in [-0.25, -0.2) is 0 Å². The van der Waals surface area contributed by atoms with Crippen molar-refractivity contribution in [3.63, 3.8) is 0 Å². The van der Waals surface area contributed by atoms with E-state index in [1.165, 1.54) is 0 Å². The van der Waals surface area contributed by atoms with Crippen LogP contribution >= 0.6 is 0 Å². The van der Waals surface area contributed by atoms with E-state index in [-0.39, 0.29) is 30.9 Å². The predicted molar refractivity (Wildman–Crippen MR) is 52.8 cm³/mol. The molecule has 0 aliphatic carbocycles. The molecule has 0 bridgehead atoms. The van der Waals surface area contributed by atoms with Crippen molar-refractivity contribution in [3.05, 3.63) is 12.5 Å². The molecule has 82 valence electrons. The zero-order valence-corrected chi connectivity index (χ0v) is 8.53. The Hall–Kier alpha value is -1.03. The van der Waals surface area contributed by atoms with Gasteiger partial charge < -0.3 is 19.7 Å². The Bertz CT molecular complexity index is 189. The van der Waals surface area contributed by atoms with E-state index in [1.807, 2.05) is 0 Å². The monoisotopic (exact) mass is 202 g/mol. The van der Waals surface area contributed by atoms with Crippen LogP contribution in [0.3, 0.4) is 0 Å². The smallest absolute Gasteiger partial charge is 0.269 e. The summed E-state index contributed by atoms with van der Waals surface area (Å²) in [4.78, 5) is 10.6. The van der Waals surface area contributed by atoms with Crippen molar-refractivity contribution in [2.75, 3.05) is 13.2 Å². The summed E-state index contributed by atoms with van der Waals surface area (Å²) < 4.78 is 4.77. The van der Waals surface area contributed by atoms with Gasteiger partial charge in [0.2, 0.25) is 0 Å². The molecule has 1 unspecified atom stereocenters. The van der Waals surface area contributed by atoms with E-state index in [9.17, 15) is 4.79 Å². The van der Waals surface area contributed by atoms with Gasteiger partial charge in [0.15, 0.2) is 0 Å². The van der Waals surface area contributed by atoms with Crippen molar-refractivity contribution >= 4 is 5.78 Å². The summed E-state index contributed by atoms with van der Waals surface area (Å²) in [6.07, 6.45) is 1.97. The topological polar surface area (TPSA) is 66.8 Å². The van der Waals surface area contributed by atoms with Gasteiger partial charge in [-0.2, -0.15) is 0 Å². The number of aliphatic hydroxyl groups excluding tert-OH is 2. The third-order valence-electron chi connectivity index (χ3n) is 1.89. The van der Waals surface area contributed by atoms with Crippen molar-refractivity contribution in [1.29, 1.82) is 0 Å². The maximum Gasteiger partial charge on any atom is 0.269 e. The fourth-order valence-electron chi connectivity index (χ4n) is 1.08. The van der Waals surface area contributed by atoms with Crippen LogP contribution in [0.15, 0.2) is 12.5 Å². The van der Waals surface area contributed by atoms with E-state index in [1.54, 1.807) is 6.92 Å². The lowest BCUT2D eigenvalue weighted by Gasteiger charge is -2.13. The Morgan fingerprint density at radius 3 is 2.64 bits per heavy atom. The highest BCUT2D eigenvalue weighted by Crippen LogP contribution is 2.09. The van der Waals surface area contributed by atoms with Crippen molar-refractivity contribution in [2.45, 2.75) is 26.2 Å². The molecule has 0 amide bonds. The van der Waals surface area contributed by atoms with E-state index in [2.05, 4.69) is 6.58 Å². The number of hydrogen-bond acceptors (Lipinski definition) is 4. The molecule has 14 heavy (non-hydrogen) atoms. The summed E-state index contributed by atoms with van der Waals surface area (Å²) in [5, 5.41) is 17.6. The molecule has 0 rings (SSSR count). The number of ether oxygens (including phenoxy) is 1. The molecular weight excluding hydrogens is 184 g/mol. The zero-order valence-electron chi connectivity index (χ0n) is 8.53. The molecule has 0 fully saturated rings. The Balaban J connectivity index is 3.57. The Kier molecular flexibility index (Phi) is 6.84. The van der Waals surface area contributed by atoms with Gasteiger partial charge in [-0.1, -0.05) is 0 Å². The molecule has 0 radical (unpaired) electrons. The first kappa shape index (κ1) is 13.0. The summed E-state index contributed by atoms with van der Waals surface area (Å²) in [7, 11) is 0. The van der Waals surface area contributed by atoms with Crippen LogP contribution in [0.25, 0.3) is 0 Å². The van der Waals surface area contributed by atoms with Gasteiger partial charge in [0.25, 0.3) is 5.95 Å². The molecular formula is C10H18O4. The highest BCUT2D eigenvalue weighted by atomic mass is 16.6. The first-order valence-corrected chi connectivity index (χ1v) is 4.67. The molecule has 0 aliphatic rings. The summed E-state index contributed by atoms with van der Waals surface area (Å²) in [5.41, 5.74) is 0. The lowest BCUT2D eigenvalue weighted by Crippen LogP contribution is -2.14. The normalized spacial score (nSPS) is 12.1. The van der Waals surface area contributed by atoms with Crippen LogP contribution in [-0.4, -0.2) is 29.2 Å². The molecule has 1 atom stereocenters. The first-order chi connectivity index (χ1) is 6.56. The molecule has 0 saturated heterocycles. The highest BCUT2D eigenvalue weighted by molar-refractivity contribution is 5.75. The number of Topliss-reactive ketones (excluding diaryl/α,β-unsaturated/α-hetero) is 1. The van der Waals surface area contributed by atoms with E-state index in [4.69, 9.17) is 14.9 Å². The average Bonchev–Trinajstić information content (AvgIpc) is 2.10. The van der Waals surface area contributed by atoms with Crippen LogP contribution in [-0.2, 0) is 9.53 Å². The van der Waals surface area contributed by atoms with Gasteiger partial charge >= 0.3 is 0 Å². The largest absolute Gasteiger partial charge is 0.481 e. The summed E-state index contributed by atoms with van der Waals surface area (Å²) in [6, 6.07) is 0. The summed E-state index contributed by atoms with van der Waals surface area (Å²) in [6.45, 7) is 4.94. The van der Waals surface area contributed by atoms with Crippen molar-refractivity contribution in [1.82, 2.24) is 0 Å². The third-order valence-corrected chi connectivity index (χ3v) is 1.89. The van der Waals surface area contributed by atoms with Gasteiger partial charge in [0, 0.05) is 18.9 Å². The predicted octanol–water partition coefficient (Wildman–Crippen LogP) is 1.40. The standard InChI is InChI=1S/C10H18O4/c1-8(12)4-3-5-10(6-11)7-14-9(2)13/h10-11,13H,2-7H2,1H3. The maximum atomic E-state index is 10.6. The zero-order chi connectivity index (χ0) is 11.0. The molecule has 0 saturated carbocycles. The number of aliphatic hydroxyl groups is 2. The van der Waals surface area contributed by atoms with Crippen LogP contribution in [0.4, 0.5) is 0 Å². The third kappa shape index (κ3) is 7.61. The van der Waals surface area contributed by atoms with Crippen LogP contribution in [0.2, 0.25) is 0 Å². The van der Waals surface area contributed by atoms with Crippen LogP contribution in [0.5, 0.6) is 0 Å². The number of carbonyl (C=O) groups is 1. The minimum Gasteiger partial charge on any atom is -0.481 e. The molecule has 0 aromatic carbocycles. The molecule has 0 aromatic heterocycles. The molecule has 2 N–H and O–H groups in total. The van der Waals surface area contributed by atoms with Gasteiger partial charge in [-0.3, -0.25) is 0 Å². The molecule has 0 heterocycles. The molecule has 4 heteroatoms. The molecule has 0 aliphatic heterocycles. The lowest BCUT2D eigenvalue weighted by atomic mass is 10.0. The van der Waals surface area contributed by atoms with Crippen molar-refractivity contribution in [3.8, 4) is 0 Å². The fraction of sp³-hybridized carbons (Fsp3) is 0.700. The minimum atomic E-state index is -0.338. The Morgan fingerprint density at radius 1 is 1.57 bits per heavy atom. The summed E-state index contributed by atoms with van der Waals surface area (Å²) >= 11 is 0. The van der Waals surface area contributed by atoms with Crippen molar-refractivity contribution < 1.29 is 19.7 Å². The van der Waals surface area contributed by atoms with Gasteiger partial charge in [0.05, 0.1) is 6.61 Å². The summed E-state index contributed by atoms with van der Waals surface area (Å²) in [5.74, 6) is -0.234. The number of carbonyl (C=O) groups excluding carboxylic acids is 1. The highest BCUT2D eigenvalue weighted by Gasteiger charge is 2.08.